The van der Waals surface area contributed by atoms with Crippen molar-refractivity contribution in [1.82, 2.24) is 24.5 Å². The summed E-state index contributed by atoms with van der Waals surface area (Å²) in [4.78, 5) is 16.3. The van der Waals surface area contributed by atoms with E-state index in [1.807, 2.05) is 29.9 Å². The van der Waals surface area contributed by atoms with Gasteiger partial charge in [0.1, 0.15) is 11.5 Å². The Balaban J connectivity index is 1.99. The fraction of sp³-hybridized carbons (Fsp3) is 0.250. The molecule has 0 aromatic carbocycles. The van der Waals surface area contributed by atoms with E-state index >= 15 is 0 Å². The van der Waals surface area contributed by atoms with Gasteiger partial charge in [0.25, 0.3) is 0 Å². The number of nitrogens with zero attached hydrogens (tertiary/aromatic N) is 4. The minimum Gasteiger partial charge on any atom is -0.373 e. The van der Waals surface area contributed by atoms with Crippen LogP contribution in [0.4, 0.5) is 5.82 Å². The van der Waals surface area contributed by atoms with E-state index in [1.165, 1.54) is 0 Å². The van der Waals surface area contributed by atoms with Gasteiger partial charge in [0.15, 0.2) is 11.5 Å². The summed E-state index contributed by atoms with van der Waals surface area (Å²) in [5.41, 5.74) is 7.87. The molecule has 19 heavy (non-hydrogen) atoms. The number of hydrogen-bond donors (Lipinski definition) is 3. The topological polar surface area (TPSA) is 97.4 Å². The zero-order valence-electron chi connectivity index (χ0n) is 10.6. The monoisotopic (exact) mass is 257 g/mol. The number of anilines is 1. The van der Waals surface area contributed by atoms with Gasteiger partial charge in [-0.05, 0) is 12.1 Å². The highest BCUT2D eigenvalue weighted by Gasteiger charge is 2.09. The lowest BCUT2D eigenvalue weighted by Crippen LogP contribution is -2.07. The largest absolute Gasteiger partial charge is 0.373 e. The molecule has 4 N–H and O–H groups in total. The molecule has 3 aromatic rings. The molecule has 7 heteroatoms. The number of nitrogens with two attached hydrogens (primary N) is 1. The van der Waals surface area contributed by atoms with Crippen LogP contribution in [0.1, 0.15) is 0 Å². The predicted octanol–water partition coefficient (Wildman–Crippen LogP) is 0.822. The number of aromatic nitrogens is 5. The Labute approximate surface area is 109 Å². The molecule has 0 radical (unpaired) electrons. The van der Waals surface area contributed by atoms with Crippen LogP contribution in [0.25, 0.3) is 22.7 Å². The summed E-state index contributed by atoms with van der Waals surface area (Å²) >= 11 is 0. The molecule has 0 atom stereocenters. The molecular weight excluding hydrogens is 242 g/mol. The molecule has 3 aromatic heterocycles. The maximum Gasteiger partial charge on any atom is 0.180 e. The molecule has 0 saturated carbocycles. The first-order valence-electron chi connectivity index (χ1n) is 6.07. The van der Waals surface area contributed by atoms with Gasteiger partial charge in [0.2, 0.25) is 0 Å². The van der Waals surface area contributed by atoms with E-state index in [0.717, 1.165) is 23.6 Å². The Morgan fingerprint density at radius 1 is 1.37 bits per heavy atom. The van der Waals surface area contributed by atoms with E-state index in [1.54, 1.807) is 6.33 Å². The second kappa shape index (κ2) is 4.69. The van der Waals surface area contributed by atoms with Crippen molar-refractivity contribution < 1.29 is 0 Å². The van der Waals surface area contributed by atoms with Crippen LogP contribution >= 0.6 is 0 Å². The van der Waals surface area contributed by atoms with E-state index in [4.69, 9.17) is 5.73 Å². The Morgan fingerprint density at radius 3 is 3.05 bits per heavy atom. The molecule has 0 unspecified atom stereocenters. The molecular formula is C12H15N7. The number of aromatic amines is 1. The van der Waals surface area contributed by atoms with Crippen molar-refractivity contribution in [3.63, 3.8) is 0 Å². The highest BCUT2D eigenvalue weighted by molar-refractivity contribution is 5.76. The number of pyridine rings is 1. The van der Waals surface area contributed by atoms with Crippen LogP contribution in [-0.2, 0) is 6.54 Å². The predicted molar refractivity (Wildman–Crippen MR) is 73.7 cm³/mol. The second-order valence-electron chi connectivity index (χ2n) is 4.19. The average molecular weight is 257 g/mol. The van der Waals surface area contributed by atoms with E-state index in [2.05, 4.69) is 25.3 Å². The summed E-state index contributed by atoms with van der Waals surface area (Å²) in [6.45, 7) is 1.33. The Hall–Kier alpha value is -2.41. The maximum atomic E-state index is 5.51. The van der Waals surface area contributed by atoms with Crippen molar-refractivity contribution in [3.8, 4) is 11.5 Å². The molecule has 0 aliphatic heterocycles. The van der Waals surface area contributed by atoms with Crippen LogP contribution in [0.2, 0.25) is 0 Å². The molecule has 0 amide bonds. The highest BCUT2D eigenvalue weighted by atomic mass is 15.1. The van der Waals surface area contributed by atoms with E-state index in [-0.39, 0.29) is 0 Å². The van der Waals surface area contributed by atoms with Crippen LogP contribution in [0.5, 0.6) is 0 Å². The Bertz CT molecular complexity index is 697. The van der Waals surface area contributed by atoms with E-state index in [9.17, 15) is 0 Å². The molecule has 0 aliphatic rings. The third-order valence-electron chi connectivity index (χ3n) is 2.87. The molecule has 0 spiro atoms. The van der Waals surface area contributed by atoms with Crippen molar-refractivity contribution in [2.24, 2.45) is 5.73 Å². The van der Waals surface area contributed by atoms with Gasteiger partial charge in [-0.25, -0.2) is 15.0 Å². The van der Waals surface area contributed by atoms with Crippen LogP contribution in [-0.4, -0.2) is 38.1 Å². The molecule has 3 heterocycles. The van der Waals surface area contributed by atoms with Crippen molar-refractivity contribution in [2.45, 2.75) is 6.54 Å². The summed E-state index contributed by atoms with van der Waals surface area (Å²) in [7, 11) is 1.83. The quantitative estimate of drug-likeness (QED) is 0.643. The highest BCUT2D eigenvalue weighted by Crippen LogP contribution is 2.18. The zero-order valence-corrected chi connectivity index (χ0v) is 10.6. The van der Waals surface area contributed by atoms with Crippen molar-refractivity contribution in [3.05, 3.63) is 24.7 Å². The van der Waals surface area contributed by atoms with Crippen molar-refractivity contribution >= 4 is 17.0 Å². The number of H-pyrrole nitrogens is 1. The minimum absolute atomic E-state index is 0.586. The lowest BCUT2D eigenvalue weighted by Gasteiger charge is -1.95. The minimum atomic E-state index is 0.586. The molecule has 0 saturated heterocycles. The van der Waals surface area contributed by atoms with Gasteiger partial charge in [-0.2, -0.15) is 0 Å². The normalized spacial score (nSPS) is 11.1. The SMILES string of the molecule is CNc1ccc2[nH]c(-c3cn(CCN)cn3)nc2n1. The van der Waals surface area contributed by atoms with Crippen LogP contribution in [0.15, 0.2) is 24.7 Å². The van der Waals surface area contributed by atoms with Gasteiger partial charge >= 0.3 is 0 Å². The Kier molecular flexibility index (Phi) is 2.88. The third kappa shape index (κ3) is 2.15. The summed E-state index contributed by atoms with van der Waals surface area (Å²) < 4.78 is 1.94. The van der Waals surface area contributed by atoms with Crippen LogP contribution in [0, 0.1) is 0 Å². The van der Waals surface area contributed by atoms with Gasteiger partial charge in [0, 0.05) is 26.3 Å². The van der Waals surface area contributed by atoms with Gasteiger partial charge in [-0.15, -0.1) is 0 Å². The lowest BCUT2D eigenvalue weighted by molar-refractivity contribution is 0.708. The third-order valence-corrected chi connectivity index (χ3v) is 2.87. The summed E-state index contributed by atoms with van der Waals surface area (Å²) in [5, 5.41) is 2.99. The van der Waals surface area contributed by atoms with Crippen LogP contribution < -0.4 is 11.1 Å². The second-order valence-corrected chi connectivity index (χ2v) is 4.19. The first kappa shape index (κ1) is 11.7. The fourth-order valence-corrected chi connectivity index (χ4v) is 1.91. The molecule has 7 nitrogen and oxygen atoms in total. The fourth-order valence-electron chi connectivity index (χ4n) is 1.91. The number of nitrogens with one attached hydrogen (secondary N) is 2. The number of fused-ring (bicyclic) bond motifs is 1. The Morgan fingerprint density at radius 2 is 2.26 bits per heavy atom. The summed E-state index contributed by atoms with van der Waals surface area (Å²) in [6, 6.07) is 3.85. The maximum absolute atomic E-state index is 5.51. The molecule has 98 valence electrons. The zero-order chi connectivity index (χ0) is 13.2. The first-order chi connectivity index (χ1) is 9.30. The first-order valence-corrected chi connectivity index (χ1v) is 6.07. The number of rotatable bonds is 4. The van der Waals surface area contributed by atoms with Gasteiger partial charge < -0.3 is 20.6 Å². The van der Waals surface area contributed by atoms with E-state index in [0.29, 0.717) is 18.0 Å². The molecule has 0 bridgehead atoms. The lowest BCUT2D eigenvalue weighted by atomic mass is 10.4. The smallest absolute Gasteiger partial charge is 0.180 e. The number of imidazole rings is 2. The summed E-state index contributed by atoms with van der Waals surface area (Å²) in [6.07, 6.45) is 3.67. The molecule has 3 rings (SSSR count). The van der Waals surface area contributed by atoms with Gasteiger partial charge in [0.05, 0.1) is 11.8 Å². The number of hydrogen-bond acceptors (Lipinski definition) is 5. The molecule has 0 fully saturated rings. The van der Waals surface area contributed by atoms with Gasteiger partial charge in [-0.3, -0.25) is 0 Å². The van der Waals surface area contributed by atoms with Crippen molar-refractivity contribution in [1.29, 1.82) is 0 Å². The van der Waals surface area contributed by atoms with E-state index < -0.39 is 0 Å². The molecule has 0 aliphatic carbocycles. The summed E-state index contributed by atoms with van der Waals surface area (Å²) in [5.74, 6) is 1.51. The van der Waals surface area contributed by atoms with Gasteiger partial charge in [-0.1, -0.05) is 0 Å². The van der Waals surface area contributed by atoms with Crippen LogP contribution in [0.3, 0.4) is 0 Å². The standard InChI is InChI=1S/C12H15N7/c1-14-10-3-2-8-11(17-10)18-12(16-8)9-6-19(5-4-13)7-15-9/h2-3,6-7H,4-5,13H2,1H3,(H2,14,16,17,18). The average Bonchev–Trinajstić information content (AvgIpc) is 3.03. The van der Waals surface area contributed by atoms with Crippen molar-refractivity contribution in [2.75, 3.05) is 18.9 Å².